The second-order valence-corrected chi connectivity index (χ2v) is 6.51. The van der Waals surface area contributed by atoms with Crippen molar-refractivity contribution in [1.29, 1.82) is 0 Å². The van der Waals surface area contributed by atoms with Crippen LogP contribution in [0.2, 0.25) is 0 Å². The van der Waals surface area contributed by atoms with Gasteiger partial charge in [0.15, 0.2) is 0 Å². The van der Waals surface area contributed by atoms with Crippen molar-refractivity contribution in [2.75, 3.05) is 6.54 Å². The highest BCUT2D eigenvalue weighted by Crippen LogP contribution is 2.19. The molecule has 3 rings (SSSR count). The summed E-state index contributed by atoms with van der Waals surface area (Å²) in [5.41, 5.74) is 5.07. The second-order valence-electron chi connectivity index (χ2n) is 6.51. The number of nitrogens with zero attached hydrogens (tertiary/aromatic N) is 2. The maximum Gasteiger partial charge on any atom is 0.0958 e. The summed E-state index contributed by atoms with van der Waals surface area (Å²) in [6, 6.07) is 5.23. The van der Waals surface area contributed by atoms with Crippen LogP contribution in [0.25, 0.3) is 11.0 Å². The Hall–Kier alpha value is -1.35. The van der Waals surface area contributed by atoms with Crippen LogP contribution in [0.4, 0.5) is 0 Å². The third kappa shape index (κ3) is 3.46. The molecule has 1 heterocycles. The van der Waals surface area contributed by atoms with E-state index >= 15 is 0 Å². The quantitative estimate of drug-likeness (QED) is 0.843. The molecule has 3 nitrogen and oxygen atoms in total. The highest BCUT2D eigenvalue weighted by atomic mass is 15.0. The van der Waals surface area contributed by atoms with Crippen molar-refractivity contribution in [1.82, 2.24) is 14.9 Å². The zero-order valence-electron chi connectivity index (χ0n) is 13.4. The number of nitrogens with one attached hydrogen (secondary N) is 1. The summed E-state index contributed by atoms with van der Waals surface area (Å²) < 4.78 is 2.30. The molecule has 1 aliphatic carbocycles. The predicted octanol–water partition coefficient (Wildman–Crippen LogP) is 3.97. The van der Waals surface area contributed by atoms with Crippen molar-refractivity contribution in [2.24, 2.45) is 0 Å². The second kappa shape index (κ2) is 6.61. The fourth-order valence-corrected chi connectivity index (χ4v) is 3.35. The van der Waals surface area contributed by atoms with E-state index in [1.54, 1.807) is 0 Å². The summed E-state index contributed by atoms with van der Waals surface area (Å²) >= 11 is 0. The van der Waals surface area contributed by atoms with Crippen LogP contribution in [-0.4, -0.2) is 22.1 Å². The minimum Gasteiger partial charge on any atom is -0.331 e. The SMILES string of the molecule is Cc1cc2ncn(CCCNC3CCCCC3)c2cc1C. The molecular formula is C18H27N3. The van der Waals surface area contributed by atoms with Crippen LogP contribution in [-0.2, 0) is 6.54 Å². The zero-order valence-corrected chi connectivity index (χ0v) is 13.4. The number of imidazole rings is 1. The van der Waals surface area contributed by atoms with Crippen molar-refractivity contribution in [3.05, 3.63) is 29.6 Å². The molecule has 1 N–H and O–H groups in total. The lowest BCUT2D eigenvalue weighted by molar-refractivity contribution is 0.369. The molecule has 1 aromatic carbocycles. The Labute approximate surface area is 127 Å². The van der Waals surface area contributed by atoms with E-state index < -0.39 is 0 Å². The first-order chi connectivity index (χ1) is 10.2. The molecule has 0 atom stereocenters. The molecule has 1 fully saturated rings. The number of hydrogen-bond acceptors (Lipinski definition) is 2. The molecule has 0 unspecified atom stereocenters. The molecule has 2 aromatic rings. The number of fused-ring (bicyclic) bond motifs is 1. The van der Waals surface area contributed by atoms with Gasteiger partial charge in [-0.1, -0.05) is 19.3 Å². The van der Waals surface area contributed by atoms with Gasteiger partial charge in [0.1, 0.15) is 0 Å². The Kier molecular flexibility index (Phi) is 4.59. The Bertz CT molecular complexity index is 594. The van der Waals surface area contributed by atoms with Gasteiger partial charge >= 0.3 is 0 Å². The Balaban J connectivity index is 1.54. The normalized spacial score (nSPS) is 16.7. The molecule has 1 aliphatic rings. The highest BCUT2D eigenvalue weighted by Gasteiger charge is 2.12. The summed E-state index contributed by atoms with van der Waals surface area (Å²) in [6.45, 7) is 6.51. The molecule has 0 saturated heterocycles. The first-order valence-corrected chi connectivity index (χ1v) is 8.39. The minimum absolute atomic E-state index is 0.767. The van der Waals surface area contributed by atoms with E-state index in [-0.39, 0.29) is 0 Å². The van der Waals surface area contributed by atoms with Crippen LogP contribution >= 0.6 is 0 Å². The zero-order chi connectivity index (χ0) is 14.7. The molecule has 0 bridgehead atoms. The average molecular weight is 285 g/mol. The van der Waals surface area contributed by atoms with Gasteiger partial charge in [-0.2, -0.15) is 0 Å². The maximum absolute atomic E-state index is 4.53. The Morgan fingerprint density at radius 3 is 2.71 bits per heavy atom. The van der Waals surface area contributed by atoms with Gasteiger partial charge in [-0.25, -0.2) is 4.98 Å². The summed E-state index contributed by atoms with van der Waals surface area (Å²) in [5, 5.41) is 3.72. The van der Waals surface area contributed by atoms with Crippen LogP contribution in [0.5, 0.6) is 0 Å². The van der Waals surface area contributed by atoms with E-state index in [1.165, 1.54) is 55.2 Å². The third-order valence-corrected chi connectivity index (χ3v) is 4.85. The van der Waals surface area contributed by atoms with Crippen LogP contribution in [0.3, 0.4) is 0 Å². The predicted molar refractivity (Wildman–Crippen MR) is 88.7 cm³/mol. The largest absolute Gasteiger partial charge is 0.331 e. The van der Waals surface area contributed by atoms with Crippen molar-refractivity contribution < 1.29 is 0 Å². The summed E-state index contributed by atoms with van der Waals surface area (Å²) in [4.78, 5) is 4.53. The number of rotatable bonds is 5. The van der Waals surface area contributed by atoms with Gasteiger partial charge in [0, 0.05) is 12.6 Å². The molecular weight excluding hydrogens is 258 g/mol. The monoisotopic (exact) mass is 285 g/mol. The summed E-state index contributed by atoms with van der Waals surface area (Å²) in [7, 11) is 0. The van der Waals surface area contributed by atoms with E-state index in [4.69, 9.17) is 0 Å². The van der Waals surface area contributed by atoms with Crippen molar-refractivity contribution in [3.8, 4) is 0 Å². The fraction of sp³-hybridized carbons (Fsp3) is 0.611. The van der Waals surface area contributed by atoms with Crippen LogP contribution in [0.1, 0.15) is 49.7 Å². The standard InChI is InChI=1S/C18H27N3/c1-14-11-17-18(12-15(14)2)21(13-20-17)10-6-9-19-16-7-4-3-5-8-16/h11-13,16,19H,3-10H2,1-2H3. The van der Waals surface area contributed by atoms with Gasteiger partial charge in [0.05, 0.1) is 17.4 Å². The Morgan fingerprint density at radius 1 is 1.14 bits per heavy atom. The first-order valence-electron chi connectivity index (χ1n) is 8.39. The lowest BCUT2D eigenvalue weighted by Gasteiger charge is -2.22. The molecule has 1 saturated carbocycles. The molecule has 0 spiro atoms. The molecule has 0 aliphatic heterocycles. The Morgan fingerprint density at radius 2 is 1.90 bits per heavy atom. The highest BCUT2D eigenvalue weighted by molar-refractivity contribution is 5.77. The lowest BCUT2D eigenvalue weighted by Crippen LogP contribution is -2.32. The van der Waals surface area contributed by atoms with Crippen molar-refractivity contribution in [2.45, 2.75) is 65.0 Å². The van der Waals surface area contributed by atoms with E-state index in [1.807, 2.05) is 6.33 Å². The maximum atomic E-state index is 4.53. The van der Waals surface area contributed by atoms with Crippen molar-refractivity contribution in [3.63, 3.8) is 0 Å². The van der Waals surface area contributed by atoms with E-state index in [0.717, 1.165) is 24.6 Å². The van der Waals surface area contributed by atoms with Gasteiger partial charge in [-0.15, -0.1) is 0 Å². The van der Waals surface area contributed by atoms with Crippen LogP contribution in [0.15, 0.2) is 18.5 Å². The molecule has 3 heteroatoms. The number of benzene rings is 1. The van der Waals surface area contributed by atoms with Gasteiger partial charge in [0.2, 0.25) is 0 Å². The van der Waals surface area contributed by atoms with Gasteiger partial charge < -0.3 is 9.88 Å². The summed E-state index contributed by atoms with van der Waals surface area (Å²) in [5.74, 6) is 0. The fourth-order valence-electron chi connectivity index (χ4n) is 3.35. The van der Waals surface area contributed by atoms with Crippen LogP contribution < -0.4 is 5.32 Å². The van der Waals surface area contributed by atoms with Gasteiger partial charge in [0.25, 0.3) is 0 Å². The smallest absolute Gasteiger partial charge is 0.0958 e. The number of aromatic nitrogens is 2. The molecule has 21 heavy (non-hydrogen) atoms. The summed E-state index contributed by atoms with van der Waals surface area (Å²) in [6.07, 6.45) is 10.1. The average Bonchev–Trinajstić information content (AvgIpc) is 2.87. The minimum atomic E-state index is 0.767. The molecule has 0 radical (unpaired) electrons. The molecule has 0 amide bonds. The number of aryl methyl sites for hydroxylation is 3. The van der Waals surface area contributed by atoms with Crippen molar-refractivity contribution >= 4 is 11.0 Å². The topological polar surface area (TPSA) is 29.9 Å². The molecule has 114 valence electrons. The van der Waals surface area contributed by atoms with E-state index in [9.17, 15) is 0 Å². The number of hydrogen-bond donors (Lipinski definition) is 1. The van der Waals surface area contributed by atoms with Gasteiger partial charge in [-0.3, -0.25) is 0 Å². The molecule has 1 aromatic heterocycles. The van der Waals surface area contributed by atoms with E-state index in [0.29, 0.717) is 0 Å². The van der Waals surface area contributed by atoms with Gasteiger partial charge in [-0.05, 0) is 62.9 Å². The first kappa shape index (κ1) is 14.6. The third-order valence-electron chi connectivity index (χ3n) is 4.85. The van der Waals surface area contributed by atoms with E-state index in [2.05, 4.69) is 40.8 Å². The lowest BCUT2D eigenvalue weighted by atomic mass is 9.95. The van der Waals surface area contributed by atoms with Crippen LogP contribution in [0, 0.1) is 13.8 Å².